The number of imidazole rings is 6. The van der Waals surface area contributed by atoms with Crippen molar-refractivity contribution in [2.75, 3.05) is 39.3 Å². The van der Waals surface area contributed by atoms with Crippen LogP contribution in [0.3, 0.4) is 0 Å². The smallest absolute Gasteiger partial charge is 0.407 e. The first-order valence-electron chi connectivity index (χ1n) is 40.1. The van der Waals surface area contributed by atoms with E-state index in [0.29, 0.717) is 56.5 Å². The van der Waals surface area contributed by atoms with E-state index in [1.807, 2.05) is 85.8 Å². The third-order valence-corrected chi connectivity index (χ3v) is 23.3. The van der Waals surface area contributed by atoms with Crippen molar-refractivity contribution < 1.29 is 57.2 Å². The molecule has 6 N–H and O–H groups in total. The number of amides is 6. The first-order valence-corrected chi connectivity index (χ1v) is 40.1. The fourth-order valence-electron chi connectivity index (χ4n) is 18.8. The maximum absolute atomic E-state index is 12.4. The number of ether oxygens (including phenoxy) is 6. The molecule has 6 atom stereocenters. The Morgan fingerprint density at radius 2 is 0.631 bits per heavy atom. The van der Waals surface area contributed by atoms with Crippen LogP contribution >= 0.6 is 0 Å². The van der Waals surface area contributed by atoms with Crippen molar-refractivity contribution in [1.82, 2.24) is 94.2 Å². The number of benzene rings is 1. The summed E-state index contributed by atoms with van der Waals surface area (Å²) in [7, 11) is 0. The largest absolute Gasteiger partial charge is 0.438 e. The average Bonchev–Trinajstić information content (AvgIpc) is 1.48. The van der Waals surface area contributed by atoms with Gasteiger partial charge in [0.25, 0.3) is 0 Å². The Morgan fingerprint density at radius 1 is 0.351 bits per heavy atom. The Labute approximate surface area is 644 Å². The van der Waals surface area contributed by atoms with Gasteiger partial charge in [0.15, 0.2) is 36.6 Å². The highest BCUT2D eigenvalue weighted by molar-refractivity contribution is 5.69. The number of fused-ring (bicyclic) bond motifs is 6. The number of hydrogen-bond donors (Lipinski definition) is 6. The second-order valence-corrected chi connectivity index (χ2v) is 31.2. The van der Waals surface area contributed by atoms with E-state index in [-0.39, 0.29) is 48.8 Å². The van der Waals surface area contributed by atoms with Crippen LogP contribution in [0.5, 0.6) is 0 Å². The summed E-state index contributed by atoms with van der Waals surface area (Å²) in [4.78, 5) is 104. The Hall–Kier alpha value is -10.8. The van der Waals surface area contributed by atoms with E-state index in [1.165, 1.54) is 56.9 Å². The third kappa shape index (κ3) is 19.3. The quantitative estimate of drug-likeness (QED) is 0.0187. The summed E-state index contributed by atoms with van der Waals surface area (Å²) >= 11 is 0. The number of carbonyl (C=O) groups is 6. The van der Waals surface area contributed by atoms with Gasteiger partial charge in [0.05, 0.1) is 0 Å². The van der Waals surface area contributed by atoms with E-state index < -0.39 is 24.4 Å². The van der Waals surface area contributed by atoms with Crippen molar-refractivity contribution in [2.24, 2.45) is 22.7 Å². The first-order chi connectivity index (χ1) is 54.3. The molecule has 590 valence electrons. The third-order valence-electron chi connectivity index (χ3n) is 23.3. The standard InChI is InChI=1S/C30H42N6O4.C25H31N7O4.C25H30N6O4/c37-27(39-23-3-11-35-13-9-31-25(23)35)33-7-1-5-29-16-21-15-22(17-29)19-30(18-21,20-29)6-2-8-34-28(38)40-24-4-12-36-14-10-32-26(24)36;33-24(35-20-8-14-31-16-12-26-22(20)31)28-10-2-6-18-4-1-5-19(30-18)7-3-11-29-25(34)36-21-9-15-32-17-13-27-23(21)32;32-24(34-20-7-13-30-15-11-26-22(20)30)28-9-2-5-18-3-1-4-19(17-18)6-10-29-25(33)35-21-8-14-31-16-12-27-23(21)31/h9-10,13-14,21-24H,1-8,11-12,15-20H2,(H,33,37)(H,34,38);1,4-5,12-13,16-17,20-21H,2-3,6-11,14-15H2,(H,28,33)(H,29,34);1,3-4,11-12,15-17,20-21H,2,5-10,13-14H2,(H,28,32)(H,29,33). The van der Waals surface area contributed by atoms with E-state index in [1.54, 1.807) is 37.2 Å². The van der Waals surface area contributed by atoms with Gasteiger partial charge in [-0.3, -0.25) is 4.98 Å². The van der Waals surface area contributed by atoms with Gasteiger partial charge in [-0.25, -0.2) is 58.7 Å². The molecule has 4 bridgehead atoms. The zero-order chi connectivity index (χ0) is 75.9. The van der Waals surface area contributed by atoms with Gasteiger partial charge in [0, 0.05) is 203 Å². The summed E-state index contributed by atoms with van der Waals surface area (Å²) in [5, 5.41) is 17.3. The number of hydrogen-bond acceptors (Lipinski definition) is 19. The second kappa shape index (κ2) is 35.5. The molecule has 4 saturated carbocycles. The van der Waals surface area contributed by atoms with Crippen LogP contribution in [-0.4, -0.2) is 138 Å². The Kier molecular flexibility index (Phi) is 24.2. The van der Waals surface area contributed by atoms with Crippen LogP contribution in [0.4, 0.5) is 28.8 Å². The molecule has 0 spiro atoms. The molecule has 6 aliphatic heterocycles. The Bertz CT molecular complexity index is 4290. The van der Waals surface area contributed by atoms with Crippen molar-refractivity contribution in [2.45, 2.75) is 224 Å². The van der Waals surface area contributed by atoms with Crippen molar-refractivity contribution in [3.05, 3.63) is 174 Å². The van der Waals surface area contributed by atoms with Gasteiger partial charge in [-0.15, -0.1) is 0 Å². The van der Waals surface area contributed by atoms with Crippen LogP contribution in [0.2, 0.25) is 0 Å². The van der Waals surface area contributed by atoms with Crippen molar-refractivity contribution >= 4 is 36.6 Å². The second-order valence-electron chi connectivity index (χ2n) is 31.2. The van der Waals surface area contributed by atoms with Crippen LogP contribution in [0.25, 0.3) is 0 Å². The minimum Gasteiger partial charge on any atom is -0.438 e. The molecule has 8 aromatic rings. The fourth-order valence-corrected chi connectivity index (χ4v) is 18.8. The number of nitrogens with zero attached hydrogens (tertiary/aromatic N) is 13. The fraction of sp³-hybridized carbons (Fsp3) is 0.562. The van der Waals surface area contributed by atoms with Gasteiger partial charge in [-0.05, 0) is 155 Å². The number of rotatable bonds is 29. The number of aromatic nitrogens is 13. The molecule has 111 heavy (non-hydrogen) atoms. The molecule has 7 aromatic heterocycles. The minimum absolute atomic E-state index is 0.235. The normalized spacial score (nSPS) is 23.4. The first kappa shape index (κ1) is 75.7. The monoisotopic (exact) mass is 1520 g/mol. The lowest BCUT2D eigenvalue weighted by Crippen LogP contribution is -2.52. The van der Waals surface area contributed by atoms with Gasteiger partial charge < -0.3 is 87.7 Å². The van der Waals surface area contributed by atoms with Crippen LogP contribution in [0, 0.1) is 22.7 Å². The SMILES string of the molecule is O=C(NCCCC12CC3CC(C1)CC(CCCNC(=O)OC1CCn4ccnc41)(C3)C2)OC1CCn2ccnc21.O=C(NCCCc1cccc(CCCNC(=O)OC2CCn3ccnc32)n1)OC1CCn2ccnc21.O=C(NCCCc1cccc(CCNC(=O)OC2CCn3ccnc32)c1)OC1CCn2ccnc21. The van der Waals surface area contributed by atoms with E-state index in [2.05, 4.69) is 83.1 Å². The molecule has 6 unspecified atom stereocenters. The highest BCUT2D eigenvalue weighted by atomic mass is 16.6. The Morgan fingerprint density at radius 3 is 0.955 bits per heavy atom. The number of carbonyl (C=O) groups excluding carboxylic acids is 6. The maximum atomic E-state index is 12.4. The molecular formula is C80H103N19O12. The summed E-state index contributed by atoms with van der Waals surface area (Å²) in [6.45, 7) is 8.39. The average molecular weight is 1520 g/mol. The van der Waals surface area contributed by atoms with Gasteiger partial charge in [-0.2, -0.15) is 0 Å². The van der Waals surface area contributed by atoms with Gasteiger partial charge in [0.2, 0.25) is 0 Å². The van der Waals surface area contributed by atoms with E-state index in [4.69, 9.17) is 33.4 Å². The molecule has 0 saturated heterocycles. The molecule has 1 aromatic carbocycles. The molecule has 0 radical (unpaired) electrons. The molecule has 6 amide bonds. The van der Waals surface area contributed by atoms with Crippen molar-refractivity contribution in [1.29, 1.82) is 0 Å². The maximum Gasteiger partial charge on any atom is 0.407 e. The van der Waals surface area contributed by atoms with Gasteiger partial charge >= 0.3 is 36.6 Å². The molecule has 31 nitrogen and oxygen atoms in total. The number of nitrogens with one attached hydrogen (secondary N) is 6. The van der Waals surface area contributed by atoms with Crippen LogP contribution in [0.15, 0.2) is 117 Å². The lowest BCUT2D eigenvalue weighted by atomic mass is 9.42. The molecular weight excluding hydrogens is 1420 g/mol. The predicted octanol–water partition coefficient (Wildman–Crippen LogP) is 11.6. The zero-order valence-electron chi connectivity index (χ0n) is 63.0. The van der Waals surface area contributed by atoms with Crippen molar-refractivity contribution in [3.8, 4) is 0 Å². The van der Waals surface area contributed by atoms with Crippen LogP contribution in [-0.2, 0) is 93.4 Å². The van der Waals surface area contributed by atoms with Crippen molar-refractivity contribution in [3.63, 3.8) is 0 Å². The van der Waals surface area contributed by atoms with Gasteiger partial charge in [-0.1, -0.05) is 30.3 Å². The molecule has 31 heteroatoms. The summed E-state index contributed by atoms with van der Waals surface area (Å²) < 4.78 is 45.4. The molecule has 4 aliphatic carbocycles. The van der Waals surface area contributed by atoms with Gasteiger partial charge in [0.1, 0.15) is 34.9 Å². The highest BCUT2D eigenvalue weighted by Crippen LogP contribution is 2.68. The summed E-state index contributed by atoms with van der Waals surface area (Å²) in [6.07, 6.45) is 40.5. The number of alkyl carbamates (subject to hydrolysis) is 6. The van der Waals surface area contributed by atoms with E-state index in [9.17, 15) is 28.8 Å². The number of pyridine rings is 1. The lowest BCUT2D eigenvalue weighted by Gasteiger charge is -2.63. The number of aryl methyl sites for hydroxylation is 9. The van der Waals surface area contributed by atoms with Crippen LogP contribution < -0.4 is 31.9 Å². The summed E-state index contributed by atoms with van der Waals surface area (Å²) in [5.74, 6) is 6.61. The summed E-state index contributed by atoms with van der Waals surface area (Å²) in [5.41, 5.74) is 5.12. The van der Waals surface area contributed by atoms with Crippen LogP contribution in [0.1, 0.15) is 216 Å². The zero-order valence-corrected chi connectivity index (χ0v) is 63.0. The van der Waals surface area contributed by atoms with E-state index in [0.717, 1.165) is 193 Å². The lowest BCUT2D eigenvalue weighted by molar-refractivity contribution is -0.118. The highest BCUT2D eigenvalue weighted by Gasteiger charge is 2.57. The molecule has 10 aliphatic rings. The predicted molar refractivity (Wildman–Crippen MR) is 402 cm³/mol. The molecule has 4 fully saturated rings. The topological polar surface area (TPSA) is 350 Å². The Balaban J connectivity index is 0.000000132. The van der Waals surface area contributed by atoms with E-state index >= 15 is 0 Å². The minimum atomic E-state index is -0.415. The molecule has 13 heterocycles. The molecule has 18 rings (SSSR count). The summed E-state index contributed by atoms with van der Waals surface area (Å²) in [6, 6.07) is 14.2.